The zero-order valence-electron chi connectivity index (χ0n) is 4.96. The van der Waals surface area contributed by atoms with E-state index in [1.54, 1.807) is 6.08 Å². The lowest BCUT2D eigenvalue weighted by molar-refractivity contribution is -0.144. The molecule has 0 bridgehead atoms. The third kappa shape index (κ3) is 7.13. The van der Waals surface area contributed by atoms with Crippen molar-refractivity contribution in [2.45, 2.75) is 0 Å². The van der Waals surface area contributed by atoms with Crippen molar-refractivity contribution < 1.29 is 14.7 Å². The third-order valence-corrected chi connectivity index (χ3v) is 0.525. The summed E-state index contributed by atoms with van der Waals surface area (Å²) in [5.74, 6) is -0.994. The zero-order chi connectivity index (χ0) is 7.11. The Morgan fingerprint density at radius 2 is 2.56 bits per heavy atom. The molecule has 0 aromatic heterocycles. The van der Waals surface area contributed by atoms with Crippen LogP contribution in [-0.4, -0.2) is 24.2 Å². The number of aliphatic carboxylic acids is 1. The molecule has 0 unspecified atom stereocenters. The van der Waals surface area contributed by atoms with Crippen molar-refractivity contribution in [3.63, 3.8) is 0 Å². The van der Waals surface area contributed by atoms with Gasteiger partial charge in [-0.3, -0.25) is 4.84 Å². The van der Waals surface area contributed by atoms with Crippen molar-refractivity contribution in [3.05, 3.63) is 12.7 Å². The van der Waals surface area contributed by atoms with Gasteiger partial charge in [0.2, 0.25) is 0 Å². The molecule has 2 N–H and O–H groups in total. The summed E-state index contributed by atoms with van der Waals surface area (Å²) in [6, 6.07) is 0. The van der Waals surface area contributed by atoms with Crippen LogP contribution in [-0.2, 0) is 9.63 Å². The number of carboxylic acid groups (broad SMARTS) is 1. The molecule has 9 heavy (non-hydrogen) atoms. The molecule has 0 aliphatic rings. The van der Waals surface area contributed by atoms with Gasteiger partial charge in [0.15, 0.2) is 6.61 Å². The van der Waals surface area contributed by atoms with Crippen molar-refractivity contribution in [3.8, 4) is 0 Å². The average molecular weight is 131 g/mol. The van der Waals surface area contributed by atoms with E-state index in [4.69, 9.17) is 5.11 Å². The smallest absolute Gasteiger partial charge is 0.331 e. The van der Waals surface area contributed by atoms with Crippen LogP contribution in [0.25, 0.3) is 0 Å². The van der Waals surface area contributed by atoms with E-state index in [0.717, 1.165) is 0 Å². The second-order valence-electron chi connectivity index (χ2n) is 1.32. The highest BCUT2D eigenvalue weighted by atomic mass is 16.7. The molecular weight excluding hydrogens is 122 g/mol. The first-order valence-corrected chi connectivity index (χ1v) is 2.44. The van der Waals surface area contributed by atoms with E-state index in [1.165, 1.54) is 0 Å². The summed E-state index contributed by atoms with van der Waals surface area (Å²) in [7, 11) is 0. The van der Waals surface area contributed by atoms with Crippen LogP contribution in [0.5, 0.6) is 0 Å². The van der Waals surface area contributed by atoms with E-state index in [9.17, 15) is 4.79 Å². The maximum absolute atomic E-state index is 9.77. The average Bonchev–Trinajstić information content (AvgIpc) is 1.80. The van der Waals surface area contributed by atoms with Gasteiger partial charge in [-0.25, -0.2) is 4.79 Å². The Kier molecular flexibility index (Phi) is 4.76. The molecule has 0 radical (unpaired) electrons. The Hall–Kier alpha value is -0.870. The van der Waals surface area contributed by atoms with Crippen LogP contribution in [0.4, 0.5) is 0 Å². The molecule has 0 amide bonds. The number of rotatable bonds is 5. The lowest BCUT2D eigenvalue weighted by atomic mass is 10.7. The number of hydroxylamine groups is 1. The molecule has 52 valence electrons. The van der Waals surface area contributed by atoms with E-state index in [-0.39, 0.29) is 6.61 Å². The summed E-state index contributed by atoms with van der Waals surface area (Å²) in [6.45, 7) is 3.51. The van der Waals surface area contributed by atoms with Gasteiger partial charge in [-0.1, -0.05) is 6.08 Å². The third-order valence-electron chi connectivity index (χ3n) is 0.525. The molecule has 0 aromatic rings. The fourth-order valence-electron chi connectivity index (χ4n) is 0.231. The summed E-state index contributed by atoms with van der Waals surface area (Å²) in [5.41, 5.74) is 2.37. The lowest BCUT2D eigenvalue weighted by Gasteiger charge is -1.97. The number of hydrogen-bond donors (Lipinski definition) is 2. The molecule has 0 heterocycles. The number of carbonyl (C=O) groups is 1. The topological polar surface area (TPSA) is 58.6 Å². The molecule has 4 heteroatoms. The highest BCUT2D eigenvalue weighted by molar-refractivity contribution is 5.67. The molecular formula is C5H9NO3. The fourth-order valence-corrected chi connectivity index (χ4v) is 0.231. The summed E-state index contributed by atoms with van der Waals surface area (Å²) >= 11 is 0. The Labute approximate surface area is 53.1 Å². The molecule has 4 nitrogen and oxygen atoms in total. The van der Waals surface area contributed by atoms with Crippen LogP contribution >= 0.6 is 0 Å². The van der Waals surface area contributed by atoms with Gasteiger partial charge in [-0.15, -0.1) is 6.58 Å². The van der Waals surface area contributed by atoms with Gasteiger partial charge in [-0.2, -0.15) is 5.48 Å². The largest absolute Gasteiger partial charge is 0.479 e. The normalized spacial score (nSPS) is 8.89. The van der Waals surface area contributed by atoms with E-state index < -0.39 is 5.97 Å². The van der Waals surface area contributed by atoms with E-state index in [0.29, 0.717) is 6.54 Å². The van der Waals surface area contributed by atoms with Gasteiger partial charge in [0.25, 0.3) is 0 Å². The maximum Gasteiger partial charge on any atom is 0.331 e. The molecule has 0 atom stereocenters. The van der Waals surface area contributed by atoms with Crippen molar-refractivity contribution >= 4 is 5.97 Å². The molecule has 0 aromatic carbocycles. The summed E-state index contributed by atoms with van der Waals surface area (Å²) in [4.78, 5) is 14.2. The van der Waals surface area contributed by atoms with Crippen molar-refractivity contribution in [1.29, 1.82) is 0 Å². The molecule has 0 fully saturated rings. The fraction of sp³-hybridized carbons (Fsp3) is 0.400. The van der Waals surface area contributed by atoms with E-state index in [1.807, 2.05) is 0 Å². The zero-order valence-corrected chi connectivity index (χ0v) is 4.96. The van der Waals surface area contributed by atoms with Gasteiger partial charge in [-0.05, 0) is 0 Å². The van der Waals surface area contributed by atoms with Crippen LogP contribution in [0.15, 0.2) is 12.7 Å². The van der Waals surface area contributed by atoms with Crippen LogP contribution in [0.3, 0.4) is 0 Å². The number of hydrogen-bond acceptors (Lipinski definition) is 3. The summed E-state index contributed by atoms with van der Waals surface area (Å²) in [5, 5.41) is 8.02. The molecule has 0 aliphatic carbocycles. The van der Waals surface area contributed by atoms with Crippen molar-refractivity contribution in [2.75, 3.05) is 13.2 Å². The minimum Gasteiger partial charge on any atom is -0.479 e. The highest BCUT2D eigenvalue weighted by Gasteiger charge is 1.92. The van der Waals surface area contributed by atoms with Gasteiger partial charge >= 0.3 is 5.97 Å². The maximum atomic E-state index is 9.77. The minimum absolute atomic E-state index is 0.326. The highest BCUT2D eigenvalue weighted by Crippen LogP contribution is 1.67. The van der Waals surface area contributed by atoms with Crippen LogP contribution < -0.4 is 5.48 Å². The monoisotopic (exact) mass is 131 g/mol. The predicted octanol–water partition coefficient (Wildman–Crippen LogP) is -0.222. The summed E-state index contributed by atoms with van der Waals surface area (Å²) < 4.78 is 0. The van der Waals surface area contributed by atoms with Crippen LogP contribution in [0.2, 0.25) is 0 Å². The minimum atomic E-state index is -0.994. The number of carboxylic acids is 1. The Balaban J connectivity index is 2.91. The summed E-state index contributed by atoms with van der Waals surface area (Å²) in [6.07, 6.45) is 1.57. The Morgan fingerprint density at radius 1 is 1.89 bits per heavy atom. The standard InChI is InChI=1S/C5H9NO3/c1-2-3-6-9-4-5(7)8/h2,6H,1,3-4H2,(H,7,8). The quantitative estimate of drug-likeness (QED) is 0.307. The second kappa shape index (κ2) is 5.27. The van der Waals surface area contributed by atoms with Gasteiger partial charge < -0.3 is 5.11 Å². The van der Waals surface area contributed by atoms with E-state index in [2.05, 4.69) is 16.9 Å². The molecule has 0 saturated heterocycles. The van der Waals surface area contributed by atoms with Crippen LogP contribution in [0, 0.1) is 0 Å². The van der Waals surface area contributed by atoms with E-state index >= 15 is 0 Å². The predicted molar refractivity (Wildman–Crippen MR) is 31.8 cm³/mol. The molecule has 0 rings (SSSR count). The van der Waals surface area contributed by atoms with Crippen molar-refractivity contribution in [2.24, 2.45) is 0 Å². The van der Waals surface area contributed by atoms with Crippen LogP contribution in [0.1, 0.15) is 0 Å². The van der Waals surface area contributed by atoms with Gasteiger partial charge in [0.1, 0.15) is 0 Å². The Morgan fingerprint density at radius 3 is 3.00 bits per heavy atom. The first-order valence-electron chi connectivity index (χ1n) is 2.44. The lowest BCUT2D eigenvalue weighted by Crippen LogP contribution is -2.19. The SMILES string of the molecule is C=CCNOCC(=O)O. The van der Waals surface area contributed by atoms with Gasteiger partial charge in [0, 0.05) is 6.54 Å². The second-order valence-corrected chi connectivity index (χ2v) is 1.32. The Bertz CT molecular complexity index is 102. The molecule has 0 aliphatic heterocycles. The van der Waals surface area contributed by atoms with Gasteiger partial charge in [0.05, 0.1) is 0 Å². The first kappa shape index (κ1) is 8.13. The first-order chi connectivity index (χ1) is 4.27. The molecule has 0 spiro atoms. The number of nitrogens with one attached hydrogen (secondary N) is 1. The van der Waals surface area contributed by atoms with Crippen molar-refractivity contribution in [1.82, 2.24) is 5.48 Å². The molecule has 0 saturated carbocycles.